The zero-order chi connectivity index (χ0) is 11.4. The van der Waals surface area contributed by atoms with Crippen molar-refractivity contribution in [2.75, 3.05) is 6.54 Å². The molecular formula is C12H20N2OS. The van der Waals surface area contributed by atoms with E-state index < -0.39 is 0 Å². The number of nitrogens with one attached hydrogen (secondary N) is 1. The van der Waals surface area contributed by atoms with Gasteiger partial charge in [0, 0.05) is 24.3 Å². The SMILES string of the molecule is CC(O)Cc1csc(CC2CCCCN2)n1. The van der Waals surface area contributed by atoms with E-state index in [9.17, 15) is 5.11 Å². The van der Waals surface area contributed by atoms with Crippen LogP contribution >= 0.6 is 11.3 Å². The van der Waals surface area contributed by atoms with Gasteiger partial charge in [0.1, 0.15) is 0 Å². The highest BCUT2D eigenvalue weighted by Crippen LogP contribution is 2.17. The Bertz CT molecular complexity index is 319. The minimum Gasteiger partial charge on any atom is -0.393 e. The van der Waals surface area contributed by atoms with Gasteiger partial charge in [0.15, 0.2) is 0 Å². The number of aromatic nitrogens is 1. The summed E-state index contributed by atoms with van der Waals surface area (Å²) in [6.07, 6.45) is 5.35. The van der Waals surface area contributed by atoms with Gasteiger partial charge in [0.25, 0.3) is 0 Å². The maximum absolute atomic E-state index is 9.29. The van der Waals surface area contributed by atoms with Crippen molar-refractivity contribution in [3.05, 3.63) is 16.1 Å². The molecule has 4 heteroatoms. The molecule has 2 N–H and O–H groups in total. The summed E-state index contributed by atoms with van der Waals surface area (Å²) >= 11 is 1.72. The molecule has 1 aromatic rings. The van der Waals surface area contributed by atoms with Crippen LogP contribution in [0.5, 0.6) is 0 Å². The Morgan fingerprint density at radius 1 is 1.62 bits per heavy atom. The van der Waals surface area contributed by atoms with Gasteiger partial charge in [-0.2, -0.15) is 0 Å². The molecule has 16 heavy (non-hydrogen) atoms. The smallest absolute Gasteiger partial charge is 0.0943 e. The molecule has 0 aromatic carbocycles. The molecule has 2 rings (SSSR count). The van der Waals surface area contributed by atoms with E-state index in [1.165, 1.54) is 24.3 Å². The van der Waals surface area contributed by atoms with Crippen LogP contribution in [-0.4, -0.2) is 28.8 Å². The molecule has 1 fully saturated rings. The van der Waals surface area contributed by atoms with Gasteiger partial charge < -0.3 is 10.4 Å². The van der Waals surface area contributed by atoms with E-state index in [-0.39, 0.29) is 6.10 Å². The van der Waals surface area contributed by atoms with Crippen LogP contribution in [0.2, 0.25) is 0 Å². The molecule has 0 amide bonds. The maximum atomic E-state index is 9.29. The predicted octanol–water partition coefficient (Wildman–Crippen LogP) is 1.75. The first kappa shape index (κ1) is 12.0. The standard InChI is InChI=1S/C12H20N2OS/c1-9(15)6-11-8-16-12(14-11)7-10-4-2-3-5-13-10/h8-10,13,15H,2-7H2,1H3. The molecule has 3 nitrogen and oxygen atoms in total. The van der Waals surface area contributed by atoms with Gasteiger partial charge >= 0.3 is 0 Å². The normalized spacial score (nSPS) is 23.2. The first-order chi connectivity index (χ1) is 7.74. The summed E-state index contributed by atoms with van der Waals surface area (Å²) in [5.41, 5.74) is 1.03. The highest BCUT2D eigenvalue weighted by Gasteiger charge is 2.15. The number of hydrogen-bond acceptors (Lipinski definition) is 4. The lowest BCUT2D eigenvalue weighted by Gasteiger charge is -2.22. The van der Waals surface area contributed by atoms with Gasteiger partial charge in [-0.15, -0.1) is 11.3 Å². The second kappa shape index (κ2) is 5.75. The number of piperidine rings is 1. The molecule has 0 radical (unpaired) electrons. The zero-order valence-corrected chi connectivity index (χ0v) is 10.6. The van der Waals surface area contributed by atoms with Crippen LogP contribution in [0.3, 0.4) is 0 Å². The van der Waals surface area contributed by atoms with Gasteiger partial charge in [-0.1, -0.05) is 6.42 Å². The maximum Gasteiger partial charge on any atom is 0.0943 e. The van der Waals surface area contributed by atoms with Crippen molar-refractivity contribution in [3.8, 4) is 0 Å². The second-order valence-corrected chi connectivity index (χ2v) is 5.58. The molecule has 0 saturated carbocycles. The predicted molar refractivity (Wildman–Crippen MR) is 66.8 cm³/mol. The minimum atomic E-state index is -0.289. The van der Waals surface area contributed by atoms with Crippen molar-refractivity contribution >= 4 is 11.3 Å². The summed E-state index contributed by atoms with van der Waals surface area (Å²) in [6, 6.07) is 0.610. The number of nitrogens with zero attached hydrogens (tertiary/aromatic N) is 1. The number of aliphatic hydroxyl groups is 1. The molecule has 2 unspecified atom stereocenters. The molecule has 1 aliphatic rings. The van der Waals surface area contributed by atoms with Crippen LogP contribution in [0.15, 0.2) is 5.38 Å². The fraction of sp³-hybridized carbons (Fsp3) is 0.750. The zero-order valence-electron chi connectivity index (χ0n) is 9.78. The van der Waals surface area contributed by atoms with Crippen LogP contribution in [0, 0.1) is 0 Å². The lowest BCUT2D eigenvalue weighted by Crippen LogP contribution is -2.35. The number of rotatable bonds is 4. The highest BCUT2D eigenvalue weighted by molar-refractivity contribution is 7.09. The number of thiazole rings is 1. The summed E-state index contributed by atoms with van der Waals surface area (Å²) in [7, 11) is 0. The van der Waals surface area contributed by atoms with Crippen LogP contribution in [0.1, 0.15) is 36.9 Å². The van der Waals surface area contributed by atoms with E-state index in [0.29, 0.717) is 12.5 Å². The fourth-order valence-electron chi connectivity index (χ4n) is 2.15. The van der Waals surface area contributed by atoms with Crippen molar-refractivity contribution in [1.29, 1.82) is 0 Å². The summed E-state index contributed by atoms with van der Waals surface area (Å²) in [5, 5.41) is 16.1. The molecule has 0 spiro atoms. The third-order valence-electron chi connectivity index (χ3n) is 2.94. The Morgan fingerprint density at radius 3 is 3.19 bits per heavy atom. The van der Waals surface area contributed by atoms with E-state index >= 15 is 0 Å². The van der Waals surface area contributed by atoms with E-state index in [1.807, 2.05) is 6.92 Å². The molecule has 2 heterocycles. The van der Waals surface area contributed by atoms with E-state index in [4.69, 9.17) is 0 Å². The molecule has 1 aromatic heterocycles. The van der Waals surface area contributed by atoms with E-state index in [1.54, 1.807) is 11.3 Å². The third kappa shape index (κ3) is 3.54. The van der Waals surface area contributed by atoms with Gasteiger partial charge in [-0.05, 0) is 26.3 Å². The molecule has 0 bridgehead atoms. The lowest BCUT2D eigenvalue weighted by atomic mass is 10.0. The Labute approximate surface area is 101 Å². The van der Waals surface area contributed by atoms with Crippen molar-refractivity contribution < 1.29 is 5.11 Å². The van der Waals surface area contributed by atoms with Crippen molar-refractivity contribution in [2.45, 2.75) is 51.2 Å². The number of hydrogen-bond donors (Lipinski definition) is 2. The Kier molecular flexibility index (Phi) is 4.32. The van der Waals surface area contributed by atoms with Crippen LogP contribution < -0.4 is 5.32 Å². The van der Waals surface area contributed by atoms with Gasteiger partial charge in [0.2, 0.25) is 0 Å². The van der Waals surface area contributed by atoms with E-state index in [2.05, 4.69) is 15.7 Å². The monoisotopic (exact) mass is 240 g/mol. The Hall–Kier alpha value is -0.450. The number of aliphatic hydroxyl groups excluding tert-OH is 1. The second-order valence-electron chi connectivity index (χ2n) is 4.64. The van der Waals surface area contributed by atoms with Gasteiger partial charge in [-0.25, -0.2) is 4.98 Å². The molecule has 1 saturated heterocycles. The average molecular weight is 240 g/mol. The highest BCUT2D eigenvalue weighted by atomic mass is 32.1. The topological polar surface area (TPSA) is 45.1 Å². The Morgan fingerprint density at radius 2 is 2.50 bits per heavy atom. The summed E-state index contributed by atoms with van der Waals surface area (Å²) in [5.74, 6) is 0. The van der Waals surface area contributed by atoms with Crippen LogP contribution in [0.4, 0.5) is 0 Å². The van der Waals surface area contributed by atoms with Crippen LogP contribution in [0.25, 0.3) is 0 Å². The molecule has 1 aliphatic heterocycles. The summed E-state index contributed by atoms with van der Waals surface area (Å²) in [6.45, 7) is 2.96. The van der Waals surface area contributed by atoms with Crippen molar-refractivity contribution in [2.24, 2.45) is 0 Å². The molecule has 2 atom stereocenters. The third-order valence-corrected chi connectivity index (χ3v) is 3.86. The van der Waals surface area contributed by atoms with Crippen molar-refractivity contribution in [1.82, 2.24) is 10.3 Å². The molecule has 0 aliphatic carbocycles. The van der Waals surface area contributed by atoms with Crippen LogP contribution in [-0.2, 0) is 12.8 Å². The van der Waals surface area contributed by atoms with Crippen molar-refractivity contribution in [3.63, 3.8) is 0 Å². The van der Waals surface area contributed by atoms with E-state index in [0.717, 1.165) is 18.7 Å². The fourth-order valence-corrected chi connectivity index (χ4v) is 3.04. The van der Waals surface area contributed by atoms with Gasteiger partial charge in [-0.3, -0.25) is 0 Å². The molecule has 90 valence electrons. The lowest BCUT2D eigenvalue weighted by molar-refractivity contribution is 0.194. The Balaban J connectivity index is 1.86. The quantitative estimate of drug-likeness (QED) is 0.843. The average Bonchev–Trinajstić information content (AvgIpc) is 2.66. The minimum absolute atomic E-state index is 0.289. The first-order valence-electron chi connectivity index (χ1n) is 6.09. The summed E-state index contributed by atoms with van der Waals surface area (Å²) in [4.78, 5) is 4.56. The molecular weight excluding hydrogens is 220 g/mol. The summed E-state index contributed by atoms with van der Waals surface area (Å²) < 4.78 is 0. The first-order valence-corrected chi connectivity index (χ1v) is 6.96. The largest absolute Gasteiger partial charge is 0.393 e. The van der Waals surface area contributed by atoms with Gasteiger partial charge in [0.05, 0.1) is 16.8 Å².